The summed E-state index contributed by atoms with van der Waals surface area (Å²) in [7, 11) is 0. The summed E-state index contributed by atoms with van der Waals surface area (Å²) in [6.07, 6.45) is 0. The third-order valence-corrected chi connectivity index (χ3v) is 4.17. The van der Waals surface area contributed by atoms with Crippen LogP contribution >= 0.6 is 11.3 Å². The van der Waals surface area contributed by atoms with E-state index in [1.807, 2.05) is 11.3 Å². The van der Waals surface area contributed by atoms with Gasteiger partial charge in [-0.2, -0.15) is 0 Å². The molecule has 1 N–H and O–H groups in total. The van der Waals surface area contributed by atoms with E-state index in [2.05, 4.69) is 57.4 Å². The maximum Gasteiger partial charge on any atom is 0.0622 e. The lowest BCUT2D eigenvalue weighted by atomic mass is 9.98. The van der Waals surface area contributed by atoms with Crippen molar-refractivity contribution in [3.63, 3.8) is 0 Å². The van der Waals surface area contributed by atoms with Gasteiger partial charge in [-0.05, 0) is 30.2 Å². The Kier molecular flexibility index (Phi) is 6.90. The van der Waals surface area contributed by atoms with Crippen molar-refractivity contribution in [2.45, 2.75) is 46.7 Å². The minimum atomic E-state index is 0.416. The lowest BCUT2D eigenvalue weighted by Crippen LogP contribution is -2.41. The topological polar surface area (TPSA) is 21.3 Å². The number of rotatable bonds is 8. The maximum atomic E-state index is 5.60. The number of hydrogen-bond acceptors (Lipinski definition) is 3. The molecule has 3 heteroatoms. The van der Waals surface area contributed by atoms with Gasteiger partial charge in [0.05, 0.1) is 6.61 Å². The monoisotopic (exact) mass is 269 g/mol. The third-order valence-electron chi connectivity index (χ3n) is 3.22. The molecule has 0 aliphatic carbocycles. The Hall–Kier alpha value is -0.380. The molecule has 0 spiro atoms. The molecule has 1 rings (SSSR count). The first-order valence-corrected chi connectivity index (χ1v) is 7.81. The minimum Gasteiger partial charge on any atom is -0.380 e. The normalized spacial score (nSPS) is 15.3. The van der Waals surface area contributed by atoms with Crippen LogP contribution < -0.4 is 5.32 Å². The van der Waals surface area contributed by atoms with Gasteiger partial charge in [-0.1, -0.05) is 33.8 Å². The third kappa shape index (κ3) is 4.71. The van der Waals surface area contributed by atoms with Crippen molar-refractivity contribution in [3.8, 4) is 0 Å². The zero-order valence-corrected chi connectivity index (χ0v) is 13.1. The summed E-state index contributed by atoms with van der Waals surface area (Å²) in [4.78, 5) is 1.42. The second-order valence-electron chi connectivity index (χ2n) is 5.41. The van der Waals surface area contributed by atoms with Crippen LogP contribution in [0.3, 0.4) is 0 Å². The standard InChI is InChI=1S/C15H27NOS/c1-6-17-10-13(11(2)3)16-15(12(4)5)14-8-7-9-18-14/h7-9,11-13,15-16H,6,10H2,1-5H3. The van der Waals surface area contributed by atoms with Crippen LogP contribution in [0.2, 0.25) is 0 Å². The first-order chi connectivity index (χ1) is 8.56. The van der Waals surface area contributed by atoms with E-state index in [1.165, 1.54) is 4.88 Å². The van der Waals surface area contributed by atoms with Crippen LogP contribution in [0, 0.1) is 11.8 Å². The Bertz CT molecular complexity index is 308. The van der Waals surface area contributed by atoms with E-state index >= 15 is 0 Å². The number of nitrogens with one attached hydrogen (secondary N) is 1. The van der Waals surface area contributed by atoms with Gasteiger partial charge in [-0.15, -0.1) is 11.3 Å². The maximum absolute atomic E-state index is 5.60. The van der Waals surface area contributed by atoms with Gasteiger partial charge < -0.3 is 10.1 Å². The Morgan fingerprint density at radius 2 is 1.94 bits per heavy atom. The number of ether oxygens (including phenoxy) is 1. The van der Waals surface area contributed by atoms with Crippen LogP contribution in [0.15, 0.2) is 17.5 Å². The molecule has 0 saturated carbocycles. The van der Waals surface area contributed by atoms with E-state index in [9.17, 15) is 0 Å². The largest absolute Gasteiger partial charge is 0.380 e. The molecule has 104 valence electrons. The molecule has 0 bridgehead atoms. The van der Waals surface area contributed by atoms with E-state index < -0.39 is 0 Å². The summed E-state index contributed by atoms with van der Waals surface area (Å²) in [5.74, 6) is 1.17. The van der Waals surface area contributed by atoms with Crippen LogP contribution in [0.25, 0.3) is 0 Å². The lowest BCUT2D eigenvalue weighted by molar-refractivity contribution is 0.100. The molecule has 0 radical (unpaired) electrons. The van der Waals surface area contributed by atoms with Gasteiger partial charge in [0.1, 0.15) is 0 Å². The minimum absolute atomic E-state index is 0.416. The first-order valence-electron chi connectivity index (χ1n) is 6.93. The number of thiophene rings is 1. The van der Waals surface area contributed by atoms with Gasteiger partial charge in [-0.3, -0.25) is 0 Å². The second-order valence-corrected chi connectivity index (χ2v) is 6.39. The number of hydrogen-bond donors (Lipinski definition) is 1. The average molecular weight is 269 g/mol. The molecule has 18 heavy (non-hydrogen) atoms. The van der Waals surface area contributed by atoms with Crippen LogP contribution in [-0.4, -0.2) is 19.3 Å². The molecule has 2 unspecified atom stereocenters. The molecule has 2 nitrogen and oxygen atoms in total. The molecule has 1 aromatic heterocycles. The predicted molar refractivity (Wildman–Crippen MR) is 80.2 cm³/mol. The quantitative estimate of drug-likeness (QED) is 0.767. The Morgan fingerprint density at radius 1 is 1.22 bits per heavy atom. The van der Waals surface area contributed by atoms with Crippen LogP contribution in [0.5, 0.6) is 0 Å². The molecular formula is C15H27NOS. The highest BCUT2D eigenvalue weighted by atomic mass is 32.1. The van der Waals surface area contributed by atoms with E-state index in [0.717, 1.165) is 13.2 Å². The average Bonchev–Trinajstić information content (AvgIpc) is 2.81. The SMILES string of the molecule is CCOCC(NC(c1cccs1)C(C)C)C(C)C. The van der Waals surface area contributed by atoms with Crippen molar-refractivity contribution in [3.05, 3.63) is 22.4 Å². The second kappa shape index (κ2) is 7.93. The van der Waals surface area contributed by atoms with Crippen molar-refractivity contribution >= 4 is 11.3 Å². The van der Waals surface area contributed by atoms with Crippen LogP contribution in [0.4, 0.5) is 0 Å². The van der Waals surface area contributed by atoms with Gasteiger partial charge in [-0.25, -0.2) is 0 Å². The van der Waals surface area contributed by atoms with Gasteiger partial charge in [0, 0.05) is 23.6 Å². The molecule has 0 amide bonds. The van der Waals surface area contributed by atoms with Crippen molar-refractivity contribution in [2.24, 2.45) is 11.8 Å². The molecule has 2 atom stereocenters. The Labute approximate surface area is 116 Å². The Morgan fingerprint density at radius 3 is 2.39 bits per heavy atom. The highest BCUT2D eigenvalue weighted by Gasteiger charge is 2.22. The molecule has 0 aliphatic heterocycles. The van der Waals surface area contributed by atoms with Crippen LogP contribution in [-0.2, 0) is 4.74 Å². The fraction of sp³-hybridized carbons (Fsp3) is 0.733. The van der Waals surface area contributed by atoms with Gasteiger partial charge in [0.15, 0.2) is 0 Å². The molecular weight excluding hydrogens is 242 g/mol. The summed E-state index contributed by atoms with van der Waals surface area (Å²) >= 11 is 1.83. The summed E-state index contributed by atoms with van der Waals surface area (Å²) in [5, 5.41) is 5.93. The van der Waals surface area contributed by atoms with Gasteiger partial charge in [0.25, 0.3) is 0 Å². The summed E-state index contributed by atoms with van der Waals surface area (Å²) in [6, 6.07) is 5.20. The predicted octanol–water partition coefficient (Wildman–Crippen LogP) is 4.10. The molecule has 0 aliphatic rings. The van der Waals surface area contributed by atoms with Crippen molar-refractivity contribution in [2.75, 3.05) is 13.2 Å². The Balaban J connectivity index is 2.68. The fourth-order valence-electron chi connectivity index (χ4n) is 1.98. The zero-order valence-electron chi connectivity index (χ0n) is 12.3. The molecule has 1 heterocycles. The highest BCUT2D eigenvalue weighted by Crippen LogP contribution is 2.27. The lowest BCUT2D eigenvalue weighted by Gasteiger charge is -2.30. The van der Waals surface area contributed by atoms with Crippen molar-refractivity contribution in [1.82, 2.24) is 5.32 Å². The highest BCUT2D eigenvalue weighted by molar-refractivity contribution is 7.10. The molecule has 0 saturated heterocycles. The molecule has 0 aromatic carbocycles. The van der Waals surface area contributed by atoms with E-state index in [4.69, 9.17) is 4.74 Å². The van der Waals surface area contributed by atoms with E-state index in [0.29, 0.717) is 23.9 Å². The van der Waals surface area contributed by atoms with Gasteiger partial charge in [0.2, 0.25) is 0 Å². The van der Waals surface area contributed by atoms with Crippen LogP contribution in [0.1, 0.15) is 45.5 Å². The first kappa shape index (κ1) is 15.7. The van der Waals surface area contributed by atoms with Crippen molar-refractivity contribution < 1.29 is 4.74 Å². The molecule has 0 fully saturated rings. The van der Waals surface area contributed by atoms with E-state index in [1.54, 1.807) is 0 Å². The van der Waals surface area contributed by atoms with E-state index in [-0.39, 0.29) is 0 Å². The van der Waals surface area contributed by atoms with Gasteiger partial charge >= 0.3 is 0 Å². The molecule has 1 aromatic rings. The summed E-state index contributed by atoms with van der Waals surface area (Å²) in [5.41, 5.74) is 0. The smallest absolute Gasteiger partial charge is 0.0622 e. The summed E-state index contributed by atoms with van der Waals surface area (Å²) < 4.78 is 5.60. The van der Waals surface area contributed by atoms with Crippen molar-refractivity contribution in [1.29, 1.82) is 0 Å². The summed E-state index contributed by atoms with van der Waals surface area (Å²) in [6.45, 7) is 12.7. The fourth-order valence-corrected chi connectivity index (χ4v) is 2.94. The zero-order chi connectivity index (χ0) is 13.5.